The van der Waals surface area contributed by atoms with Gasteiger partial charge in [0.1, 0.15) is 0 Å². The maximum atomic E-state index is 12.9. The van der Waals surface area contributed by atoms with Gasteiger partial charge in [-0.3, -0.25) is 4.31 Å². The van der Waals surface area contributed by atoms with E-state index in [1.54, 1.807) is 26.0 Å². The van der Waals surface area contributed by atoms with Gasteiger partial charge in [0.25, 0.3) is 10.0 Å². The first-order chi connectivity index (χ1) is 13.1. The smallest absolute Gasteiger partial charge is 0.344 e. The molecule has 0 N–H and O–H groups in total. The summed E-state index contributed by atoms with van der Waals surface area (Å²) >= 11 is 0. The fourth-order valence-electron chi connectivity index (χ4n) is 2.34. The van der Waals surface area contributed by atoms with Crippen molar-refractivity contribution in [1.29, 1.82) is 0 Å². The van der Waals surface area contributed by atoms with Crippen molar-refractivity contribution in [3.05, 3.63) is 59.7 Å². The molecule has 0 aromatic heterocycles. The largest absolute Gasteiger partial charge is 0.460 e. The molecule has 8 heteroatoms. The third kappa shape index (κ3) is 5.32. The summed E-state index contributed by atoms with van der Waals surface area (Å²) in [5.74, 6) is -1.48. The lowest BCUT2D eigenvalue weighted by Crippen LogP contribution is -2.26. The minimum absolute atomic E-state index is 0.0238. The Bertz CT molecular complexity index is 951. The number of sulfonamides is 1. The predicted octanol–water partition coefficient (Wildman–Crippen LogP) is 2.93. The lowest BCUT2D eigenvalue weighted by Gasteiger charge is -2.20. The fraction of sp³-hybridized carbons (Fsp3) is 0.300. The first-order valence-corrected chi connectivity index (χ1v) is 10.1. The van der Waals surface area contributed by atoms with Crippen molar-refractivity contribution in [3.8, 4) is 0 Å². The van der Waals surface area contributed by atoms with Crippen LogP contribution in [-0.2, 0) is 24.3 Å². The summed E-state index contributed by atoms with van der Waals surface area (Å²) in [5.41, 5.74) is 1.53. The van der Waals surface area contributed by atoms with Gasteiger partial charge in [-0.1, -0.05) is 23.8 Å². The molecule has 0 aliphatic rings. The topological polar surface area (TPSA) is 90.0 Å². The Morgan fingerprint density at radius 2 is 1.71 bits per heavy atom. The molecule has 2 rings (SSSR count). The van der Waals surface area contributed by atoms with Crippen LogP contribution in [0.1, 0.15) is 29.8 Å². The molecule has 150 valence electrons. The lowest BCUT2D eigenvalue weighted by molar-refractivity contribution is -0.150. The van der Waals surface area contributed by atoms with Crippen LogP contribution in [0.4, 0.5) is 5.69 Å². The first kappa shape index (κ1) is 21.4. The highest BCUT2D eigenvalue weighted by Gasteiger charge is 2.23. The van der Waals surface area contributed by atoms with Gasteiger partial charge >= 0.3 is 11.9 Å². The van der Waals surface area contributed by atoms with Gasteiger partial charge < -0.3 is 9.47 Å². The van der Waals surface area contributed by atoms with E-state index < -0.39 is 28.6 Å². The number of anilines is 1. The second-order valence-electron chi connectivity index (χ2n) is 6.45. The second kappa shape index (κ2) is 8.88. The number of nitrogens with zero attached hydrogens (tertiary/aromatic N) is 1. The van der Waals surface area contributed by atoms with E-state index in [2.05, 4.69) is 0 Å². The number of rotatable bonds is 7. The van der Waals surface area contributed by atoms with E-state index in [-0.39, 0.29) is 16.6 Å². The molecule has 0 heterocycles. The molecule has 0 saturated carbocycles. The quantitative estimate of drug-likeness (QED) is 0.658. The number of aryl methyl sites for hydroxylation is 1. The number of benzene rings is 2. The summed E-state index contributed by atoms with van der Waals surface area (Å²) in [7, 11) is -2.44. The van der Waals surface area contributed by atoms with Gasteiger partial charge in [-0.05, 0) is 51.1 Å². The van der Waals surface area contributed by atoms with Gasteiger partial charge in [0.05, 0.1) is 22.3 Å². The molecule has 0 amide bonds. The van der Waals surface area contributed by atoms with Crippen LogP contribution >= 0.6 is 0 Å². The monoisotopic (exact) mass is 405 g/mol. The van der Waals surface area contributed by atoms with Crippen molar-refractivity contribution in [2.75, 3.05) is 18.0 Å². The van der Waals surface area contributed by atoms with E-state index in [1.165, 1.54) is 31.3 Å². The second-order valence-corrected chi connectivity index (χ2v) is 8.42. The summed E-state index contributed by atoms with van der Waals surface area (Å²) in [6.07, 6.45) is -0.322. The van der Waals surface area contributed by atoms with Crippen molar-refractivity contribution < 1.29 is 27.5 Å². The molecule has 0 bridgehead atoms. The summed E-state index contributed by atoms with van der Waals surface area (Å²) in [4.78, 5) is 23.6. The van der Waals surface area contributed by atoms with Gasteiger partial charge in [0, 0.05) is 7.05 Å². The molecular weight excluding hydrogens is 382 g/mol. The average molecular weight is 405 g/mol. The Hall–Kier alpha value is -2.87. The van der Waals surface area contributed by atoms with Crippen LogP contribution in [0.3, 0.4) is 0 Å². The van der Waals surface area contributed by atoms with Crippen LogP contribution in [0.15, 0.2) is 53.4 Å². The molecule has 2 aromatic carbocycles. The van der Waals surface area contributed by atoms with Crippen LogP contribution in [0.5, 0.6) is 0 Å². The third-order valence-electron chi connectivity index (χ3n) is 3.81. The highest BCUT2D eigenvalue weighted by Crippen LogP contribution is 2.23. The molecule has 0 saturated heterocycles. The van der Waals surface area contributed by atoms with Crippen LogP contribution in [-0.4, -0.2) is 40.1 Å². The highest BCUT2D eigenvalue weighted by atomic mass is 32.2. The van der Waals surface area contributed by atoms with Gasteiger partial charge in [0.15, 0.2) is 6.61 Å². The van der Waals surface area contributed by atoms with Crippen molar-refractivity contribution in [3.63, 3.8) is 0 Å². The number of carbonyl (C=O) groups is 2. The van der Waals surface area contributed by atoms with E-state index in [0.717, 1.165) is 9.87 Å². The molecule has 0 aliphatic heterocycles. The minimum Gasteiger partial charge on any atom is -0.460 e. The fourth-order valence-corrected chi connectivity index (χ4v) is 3.58. The lowest BCUT2D eigenvalue weighted by atomic mass is 10.2. The normalized spacial score (nSPS) is 11.2. The molecule has 0 atom stereocenters. The van der Waals surface area contributed by atoms with E-state index in [1.807, 2.05) is 19.1 Å². The van der Waals surface area contributed by atoms with Gasteiger partial charge in [0.2, 0.25) is 0 Å². The molecule has 0 unspecified atom stereocenters. The Labute approximate surface area is 164 Å². The maximum absolute atomic E-state index is 12.9. The van der Waals surface area contributed by atoms with Crippen molar-refractivity contribution in [2.24, 2.45) is 0 Å². The summed E-state index contributed by atoms with van der Waals surface area (Å²) in [6, 6.07) is 12.5. The van der Waals surface area contributed by atoms with Crippen LogP contribution in [0.2, 0.25) is 0 Å². The summed E-state index contributed by atoms with van der Waals surface area (Å²) in [5, 5.41) is 0. The third-order valence-corrected chi connectivity index (χ3v) is 5.60. The molecule has 28 heavy (non-hydrogen) atoms. The van der Waals surface area contributed by atoms with Gasteiger partial charge in [-0.2, -0.15) is 0 Å². The van der Waals surface area contributed by atoms with Crippen molar-refractivity contribution in [1.82, 2.24) is 0 Å². The SMILES string of the molecule is Cc1ccc(N(C)S(=O)(=O)c2cccc(C(=O)OCC(=O)OC(C)C)c2)cc1. The van der Waals surface area contributed by atoms with Crippen LogP contribution in [0, 0.1) is 6.92 Å². The van der Waals surface area contributed by atoms with E-state index in [0.29, 0.717) is 5.69 Å². The number of hydrogen-bond acceptors (Lipinski definition) is 6. The van der Waals surface area contributed by atoms with Gasteiger partial charge in [-0.25, -0.2) is 18.0 Å². The van der Waals surface area contributed by atoms with E-state index in [4.69, 9.17) is 9.47 Å². The maximum Gasteiger partial charge on any atom is 0.344 e. The molecule has 0 spiro atoms. The van der Waals surface area contributed by atoms with Crippen LogP contribution in [0.25, 0.3) is 0 Å². The van der Waals surface area contributed by atoms with Crippen molar-refractivity contribution in [2.45, 2.75) is 31.8 Å². The van der Waals surface area contributed by atoms with E-state index in [9.17, 15) is 18.0 Å². The minimum atomic E-state index is -3.87. The molecule has 0 radical (unpaired) electrons. The van der Waals surface area contributed by atoms with E-state index >= 15 is 0 Å². The Balaban J connectivity index is 2.18. The molecule has 7 nitrogen and oxygen atoms in total. The standard InChI is InChI=1S/C20H23NO6S/c1-14(2)27-19(22)13-26-20(23)16-6-5-7-18(12-16)28(24,25)21(4)17-10-8-15(3)9-11-17/h5-12,14H,13H2,1-4H3. The predicted molar refractivity (Wildman–Crippen MR) is 105 cm³/mol. The summed E-state index contributed by atoms with van der Waals surface area (Å²) in [6.45, 7) is 4.72. The zero-order valence-electron chi connectivity index (χ0n) is 16.2. The summed E-state index contributed by atoms with van der Waals surface area (Å²) < 4.78 is 36.7. The molecule has 0 fully saturated rings. The highest BCUT2D eigenvalue weighted by molar-refractivity contribution is 7.92. The Morgan fingerprint density at radius 1 is 1.07 bits per heavy atom. The Morgan fingerprint density at radius 3 is 2.32 bits per heavy atom. The number of esters is 2. The Kier molecular flexibility index (Phi) is 6.80. The molecular formula is C20H23NO6S. The van der Waals surface area contributed by atoms with Crippen molar-refractivity contribution >= 4 is 27.6 Å². The number of ether oxygens (including phenoxy) is 2. The molecule has 0 aliphatic carbocycles. The van der Waals surface area contributed by atoms with Crippen LogP contribution < -0.4 is 4.31 Å². The average Bonchev–Trinajstić information content (AvgIpc) is 2.65. The number of carbonyl (C=O) groups excluding carboxylic acids is 2. The number of hydrogen-bond donors (Lipinski definition) is 0. The van der Waals surface area contributed by atoms with Gasteiger partial charge in [-0.15, -0.1) is 0 Å². The first-order valence-electron chi connectivity index (χ1n) is 8.63. The zero-order chi connectivity index (χ0) is 20.9. The molecule has 2 aromatic rings. The zero-order valence-corrected chi connectivity index (χ0v) is 17.0.